The Labute approximate surface area is 190 Å². The lowest BCUT2D eigenvalue weighted by molar-refractivity contribution is -0.137. The SMILES string of the molecule is Cl.Cl.O=C(C=Cc1ccc(N[C@@H]2CCN(Cc3ccc(C(F)(F)F)cc3)C2)nc1)NO. The van der Waals surface area contributed by atoms with Gasteiger partial charge < -0.3 is 5.32 Å². The minimum atomic E-state index is -4.31. The Hall–Kier alpha value is -2.33. The molecule has 2 aromatic rings. The molecule has 3 N–H and O–H groups in total. The lowest BCUT2D eigenvalue weighted by Gasteiger charge is -2.17. The van der Waals surface area contributed by atoms with Crippen LogP contribution in [0.25, 0.3) is 6.08 Å². The molecule has 1 atom stereocenters. The molecule has 3 rings (SSSR count). The van der Waals surface area contributed by atoms with E-state index < -0.39 is 17.6 Å². The molecule has 1 saturated heterocycles. The van der Waals surface area contributed by atoms with E-state index in [1.165, 1.54) is 29.8 Å². The standard InChI is InChI=1S/C20H21F3N4O2.2ClH/c21-20(22,23)16-5-1-15(2-6-16)12-27-10-9-17(13-27)25-18-7-3-14(11-24-18)4-8-19(28)26-29;;/h1-8,11,17,29H,9-10,12-13H2,(H,24,25)(H,26,28);2*1H/t17-;;/m1../s1. The van der Waals surface area contributed by atoms with Crippen LogP contribution in [0.5, 0.6) is 0 Å². The van der Waals surface area contributed by atoms with Crippen LogP contribution in [0.2, 0.25) is 0 Å². The molecule has 2 heterocycles. The van der Waals surface area contributed by atoms with E-state index in [2.05, 4.69) is 15.2 Å². The Morgan fingerprint density at radius 3 is 2.48 bits per heavy atom. The van der Waals surface area contributed by atoms with Crippen LogP contribution in [0.1, 0.15) is 23.1 Å². The number of pyridine rings is 1. The van der Waals surface area contributed by atoms with Crippen LogP contribution in [0, 0.1) is 0 Å². The van der Waals surface area contributed by atoms with E-state index in [-0.39, 0.29) is 30.9 Å². The van der Waals surface area contributed by atoms with Crippen LogP contribution < -0.4 is 10.8 Å². The number of aromatic nitrogens is 1. The fraction of sp³-hybridized carbons (Fsp3) is 0.300. The van der Waals surface area contributed by atoms with Gasteiger partial charge in [0.25, 0.3) is 5.91 Å². The third-order valence-corrected chi connectivity index (χ3v) is 4.64. The monoisotopic (exact) mass is 478 g/mol. The van der Waals surface area contributed by atoms with Crippen LogP contribution in [-0.2, 0) is 17.5 Å². The lowest BCUT2D eigenvalue weighted by Crippen LogP contribution is -2.26. The second-order valence-corrected chi connectivity index (χ2v) is 6.85. The average molecular weight is 479 g/mol. The van der Waals surface area contributed by atoms with Crippen molar-refractivity contribution in [3.05, 3.63) is 65.4 Å². The maximum absolute atomic E-state index is 12.6. The highest BCUT2D eigenvalue weighted by atomic mass is 35.5. The fourth-order valence-electron chi connectivity index (χ4n) is 3.16. The van der Waals surface area contributed by atoms with Crippen molar-refractivity contribution in [3.63, 3.8) is 0 Å². The van der Waals surface area contributed by atoms with Crippen LogP contribution in [0.3, 0.4) is 0 Å². The summed E-state index contributed by atoms with van der Waals surface area (Å²) in [6.07, 6.45) is 0.924. The minimum Gasteiger partial charge on any atom is -0.366 e. The molecule has 0 bridgehead atoms. The molecular formula is C20H23Cl2F3N4O2. The number of carbonyl (C=O) groups excluding carboxylic acids is 1. The van der Waals surface area contributed by atoms with Gasteiger partial charge in [-0.15, -0.1) is 24.8 Å². The van der Waals surface area contributed by atoms with Gasteiger partial charge in [0.05, 0.1) is 5.56 Å². The first-order valence-electron chi connectivity index (χ1n) is 9.07. The summed E-state index contributed by atoms with van der Waals surface area (Å²) in [6, 6.07) is 9.07. The average Bonchev–Trinajstić information content (AvgIpc) is 3.13. The quantitative estimate of drug-likeness (QED) is 0.330. The third kappa shape index (κ3) is 8.02. The zero-order valence-corrected chi connectivity index (χ0v) is 17.9. The van der Waals surface area contributed by atoms with E-state index in [4.69, 9.17) is 5.21 Å². The van der Waals surface area contributed by atoms with Crippen LogP contribution >= 0.6 is 24.8 Å². The number of nitrogens with one attached hydrogen (secondary N) is 2. The number of amides is 1. The predicted octanol–water partition coefficient (Wildman–Crippen LogP) is 4.15. The molecule has 1 amide bonds. The van der Waals surface area contributed by atoms with E-state index >= 15 is 0 Å². The van der Waals surface area contributed by atoms with E-state index in [1.54, 1.807) is 18.3 Å². The smallest absolute Gasteiger partial charge is 0.366 e. The van der Waals surface area contributed by atoms with Crippen molar-refractivity contribution in [1.82, 2.24) is 15.4 Å². The Bertz CT molecular complexity index is 862. The number of carbonyl (C=O) groups is 1. The first-order valence-corrected chi connectivity index (χ1v) is 9.07. The number of hydrogen-bond acceptors (Lipinski definition) is 5. The highest BCUT2D eigenvalue weighted by Crippen LogP contribution is 2.29. The van der Waals surface area contributed by atoms with Crippen molar-refractivity contribution >= 4 is 42.6 Å². The molecule has 0 saturated carbocycles. The molecule has 31 heavy (non-hydrogen) atoms. The predicted molar refractivity (Wildman–Crippen MR) is 116 cm³/mol. The van der Waals surface area contributed by atoms with Gasteiger partial charge in [0.2, 0.25) is 0 Å². The Kier molecular flexibility index (Phi) is 10.3. The highest BCUT2D eigenvalue weighted by molar-refractivity contribution is 5.90. The Morgan fingerprint density at radius 2 is 1.90 bits per heavy atom. The number of hydroxylamine groups is 1. The molecule has 1 aromatic carbocycles. The van der Waals surface area contributed by atoms with Crippen LogP contribution in [0.4, 0.5) is 19.0 Å². The third-order valence-electron chi connectivity index (χ3n) is 4.64. The molecule has 0 aliphatic carbocycles. The highest BCUT2D eigenvalue weighted by Gasteiger charge is 2.30. The number of nitrogens with zero attached hydrogens (tertiary/aromatic N) is 2. The molecule has 1 fully saturated rings. The van der Waals surface area contributed by atoms with E-state index in [9.17, 15) is 18.0 Å². The van der Waals surface area contributed by atoms with E-state index in [0.717, 1.165) is 42.8 Å². The van der Waals surface area contributed by atoms with Gasteiger partial charge in [-0.2, -0.15) is 13.2 Å². The van der Waals surface area contributed by atoms with Gasteiger partial charge in [-0.1, -0.05) is 12.1 Å². The number of likely N-dealkylation sites (tertiary alicyclic amines) is 1. The van der Waals surface area contributed by atoms with Crippen molar-refractivity contribution in [3.8, 4) is 0 Å². The Balaban J connectivity index is 0.00000240. The topological polar surface area (TPSA) is 77.5 Å². The largest absolute Gasteiger partial charge is 0.416 e. The van der Waals surface area contributed by atoms with Gasteiger partial charge in [0.15, 0.2) is 0 Å². The Morgan fingerprint density at radius 1 is 1.19 bits per heavy atom. The first kappa shape index (κ1) is 26.7. The van der Waals surface area contributed by atoms with Crippen molar-refractivity contribution in [2.45, 2.75) is 25.2 Å². The van der Waals surface area contributed by atoms with Crippen molar-refractivity contribution in [2.24, 2.45) is 0 Å². The molecule has 0 unspecified atom stereocenters. The minimum absolute atomic E-state index is 0. The second kappa shape index (κ2) is 11.9. The van der Waals surface area contributed by atoms with Crippen molar-refractivity contribution in [2.75, 3.05) is 18.4 Å². The summed E-state index contributed by atoms with van der Waals surface area (Å²) in [4.78, 5) is 17.5. The van der Waals surface area contributed by atoms with Gasteiger partial charge in [0, 0.05) is 37.9 Å². The zero-order chi connectivity index (χ0) is 20.9. The summed E-state index contributed by atoms with van der Waals surface area (Å²) in [5.74, 6) is 0.0847. The van der Waals surface area contributed by atoms with Crippen LogP contribution in [0.15, 0.2) is 48.7 Å². The lowest BCUT2D eigenvalue weighted by atomic mass is 10.1. The first-order chi connectivity index (χ1) is 13.8. The van der Waals surface area contributed by atoms with Gasteiger partial charge >= 0.3 is 6.18 Å². The number of rotatable bonds is 6. The second-order valence-electron chi connectivity index (χ2n) is 6.85. The summed E-state index contributed by atoms with van der Waals surface area (Å²) >= 11 is 0. The number of alkyl halides is 3. The molecule has 1 aromatic heterocycles. The molecule has 1 aliphatic heterocycles. The molecule has 0 spiro atoms. The number of benzene rings is 1. The summed E-state index contributed by atoms with van der Waals surface area (Å²) in [5, 5.41) is 11.8. The number of hydrogen-bond donors (Lipinski definition) is 3. The van der Waals surface area contributed by atoms with E-state index in [0.29, 0.717) is 12.4 Å². The zero-order valence-electron chi connectivity index (χ0n) is 16.3. The summed E-state index contributed by atoms with van der Waals surface area (Å²) in [6.45, 7) is 2.21. The molecule has 6 nitrogen and oxygen atoms in total. The molecule has 170 valence electrons. The van der Waals surface area contributed by atoms with Gasteiger partial charge in [0.1, 0.15) is 5.82 Å². The number of anilines is 1. The fourth-order valence-corrected chi connectivity index (χ4v) is 3.16. The molecular weight excluding hydrogens is 456 g/mol. The van der Waals surface area contributed by atoms with E-state index in [1.807, 2.05) is 0 Å². The van der Waals surface area contributed by atoms with Crippen LogP contribution in [-0.4, -0.2) is 40.1 Å². The van der Waals surface area contributed by atoms with Gasteiger partial charge in [-0.25, -0.2) is 10.5 Å². The van der Waals surface area contributed by atoms with Crippen molar-refractivity contribution in [1.29, 1.82) is 0 Å². The maximum Gasteiger partial charge on any atom is 0.416 e. The maximum atomic E-state index is 12.6. The normalized spacial score (nSPS) is 16.5. The summed E-state index contributed by atoms with van der Waals surface area (Å²) in [5.41, 5.74) is 2.44. The molecule has 11 heteroatoms. The number of halogens is 5. The van der Waals surface area contributed by atoms with Gasteiger partial charge in [-0.3, -0.25) is 14.9 Å². The summed E-state index contributed by atoms with van der Waals surface area (Å²) < 4.78 is 37.9. The van der Waals surface area contributed by atoms with Gasteiger partial charge in [-0.05, 0) is 47.9 Å². The van der Waals surface area contributed by atoms with Crippen molar-refractivity contribution < 1.29 is 23.2 Å². The summed E-state index contributed by atoms with van der Waals surface area (Å²) in [7, 11) is 0. The molecule has 0 radical (unpaired) electrons. The molecule has 1 aliphatic rings.